The van der Waals surface area contributed by atoms with Crippen LogP contribution in [-0.4, -0.2) is 39.9 Å². The van der Waals surface area contributed by atoms with Crippen molar-refractivity contribution in [2.45, 2.75) is 146 Å². The number of hydrogen-bond donors (Lipinski definition) is 0. The molecule has 0 N–H and O–H groups in total. The van der Waals surface area contributed by atoms with E-state index in [1.807, 2.05) is 256 Å². The Balaban J connectivity index is 0.000000143. The Morgan fingerprint density at radius 2 is 0.420 bits per heavy atom. The van der Waals surface area contributed by atoms with Crippen molar-refractivity contribution in [1.29, 1.82) is 0 Å². The SMILES string of the molecule is CC(C)c1ccc(-c2[c-]cccc2)nc1.CC(C)c1ccc(-c2[c-]cccc2)nc1.CC(C)c1ccnc(-c2[c-]ccc3c2oc2ccccc23)c1.CC(C)c1ccnc(-c2[c-]ccc3c2oc2ccccc23)c1.CC(C)c1ccnc(-c2[c-]cccc2)c1.CC(C)c1ccnc(-c2[c-]cccc2)c1.Cc1cnc(-c2[c-]ccc3c2oc2ccccc23)cc1C.Cc1cnc(-c2[c-]ccc3c2oc2ccccc23)cc1C.[Ir].[Ir].[Ir].[Ir]. The monoisotopic (exact) mass is 2670 g/mol. The Morgan fingerprint density at radius 1 is 0.187 bits per heavy atom. The third-order valence-electron chi connectivity index (χ3n) is 25.8. The molecule has 4 radical (unpaired) electrons. The number of aryl methyl sites for hydroxylation is 4. The quantitative estimate of drug-likeness (QED) is 0.0951. The number of para-hydroxylation sites is 4. The number of hydrogen-bond acceptors (Lipinski definition) is 12. The van der Waals surface area contributed by atoms with Crippen LogP contribution in [0, 0.1) is 76.2 Å². The second-order valence-electron chi connectivity index (χ2n) is 38.0. The van der Waals surface area contributed by atoms with Crippen LogP contribution in [0.2, 0.25) is 0 Å². The molecule has 12 aromatic carbocycles. The molecular weight excluding hydrogens is 2550 g/mol. The fourth-order valence-electron chi connectivity index (χ4n) is 16.9. The van der Waals surface area contributed by atoms with Crippen molar-refractivity contribution in [3.63, 3.8) is 0 Å². The minimum Gasteiger partial charge on any atom is -0.501 e. The Kier molecular flexibility index (Phi) is 40.4. The van der Waals surface area contributed by atoms with Gasteiger partial charge in [0, 0.05) is 152 Å². The van der Waals surface area contributed by atoms with E-state index in [1.54, 1.807) is 0 Å². The number of rotatable bonds is 14. The summed E-state index contributed by atoms with van der Waals surface area (Å²) in [5, 5.41) is 8.97. The van der Waals surface area contributed by atoms with Crippen LogP contribution in [0.25, 0.3) is 178 Å². The van der Waals surface area contributed by atoms with Gasteiger partial charge in [-0.15, -0.1) is 216 Å². The van der Waals surface area contributed by atoms with Gasteiger partial charge in [-0.1, -0.05) is 294 Å². The minimum absolute atomic E-state index is 0. The van der Waals surface area contributed by atoms with Gasteiger partial charge in [0.05, 0.1) is 22.3 Å². The Labute approximate surface area is 935 Å². The molecule has 0 fully saturated rings. The van der Waals surface area contributed by atoms with Crippen molar-refractivity contribution < 1.29 is 98.1 Å². The van der Waals surface area contributed by atoms with Crippen molar-refractivity contribution in [2.24, 2.45) is 0 Å². The van der Waals surface area contributed by atoms with Gasteiger partial charge in [-0.3, -0.25) is 0 Å². The van der Waals surface area contributed by atoms with Gasteiger partial charge in [0.2, 0.25) is 0 Å². The van der Waals surface area contributed by atoms with E-state index in [0.717, 1.165) is 178 Å². The number of benzene rings is 12. The second-order valence-corrected chi connectivity index (χ2v) is 38.0. The van der Waals surface area contributed by atoms with E-state index in [9.17, 15) is 0 Å². The molecule has 0 atom stereocenters. The number of aromatic nitrogens is 8. The summed E-state index contributed by atoms with van der Waals surface area (Å²) in [7, 11) is 0. The van der Waals surface area contributed by atoms with Gasteiger partial charge in [0.25, 0.3) is 0 Å². The zero-order valence-electron chi connectivity index (χ0n) is 86.8. The molecular formula is C134H116Ir4N8O4-8. The zero-order valence-corrected chi connectivity index (χ0v) is 96.4. The van der Waals surface area contributed by atoms with Crippen LogP contribution in [-0.2, 0) is 80.4 Å². The molecule has 0 bridgehead atoms. The van der Waals surface area contributed by atoms with Crippen LogP contribution in [0.5, 0.6) is 0 Å². The van der Waals surface area contributed by atoms with E-state index in [-0.39, 0.29) is 80.4 Å². The predicted molar refractivity (Wildman–Crippen MR) is 601 cm³/mol. The van der Waals surface area contributed by atoms with Crippen LogP contribution in [0.3, 0.4) is 0 Å². The summed E-state index contributed by atoms with van der Waals surface area (Å²) >= 11 is 0. The minimum atomic E-state index is 0. The summed E-state index contributed by atoms with van der Waals surface area (Å²) in [6.07, 6.45) is 15.2. The molecule has 16 heteroatoms. The Bertz CT molecular complexity index is 8000. The summed E-state index contributed by atoms with van der Waals surface area (Å²) in [6.45, 7) is 34.5. The molecule has 0 saturated carbocycles. The first-order valence-electron chi connectivity index (χ1n) is 49.8. The van der Waals surface area contributed by atoms with Crippen molar-refractivity contribution in [2.75, 3.05) is 0 Å². The standard InChI is InChI=1S/2C20H16NO.2C19H14NO.4C14H14N.4Ir/c2*1-13(2)14-10-11-21-18(12-14)17-8-5-7-16-15-6-3-4-9-19(15)22-20(16)17;2*1-12-10-17(20-11-13(12)2)16-8-5-7-15-14-6-3-4-9-18(14)21-19(15)16;2*1-11(2)13-8-9-15-14(10-13)12-6-4-3-5-7-12;2*1-11(2)13-8-9-14(15-10-13)12-6-4-3-5-7-12;;;;/h2*3-7,9-13H,1-2H3;2*3-7,9-11H,1-2H3;4*3-6,8-11H,1-2H3;;;;/q8*-1;;;;. The van der Waals surface area contributed by atoms with Crippen LogP contribution < -0.4 is 0 Å². The second kappa shape index (κ2) is 53.7. The number of fused-ring (bicyclic) bond motifs is 12. The number of furan rings is 4. The number of pyridine rings is 8. The van der Waals surface area contributed by atoms with E-state index in [4.69, 9.17) is 17.7 Å². The average Bonchev–Trinajstić information content (AvgIpc) is 1.63. The fourth-order valence-corrected chi connectivity index (χ4v) is 16.9. The smallest absolute Gasteiger partial charge is 0.120 e. The van der Waals surface area contributed by atoms with Gasteiger partial charge in [-0.05, 0) is 180 Å². The van der Waals surface area contributed by atoms with E-state index in [0.29, 0.717) is 35.5 Å². The molecule has 0 aliphatic heterocycles. The first-order valence-corrected chi connectivity index (χ1v) is 49.8. The zero-order chi connectivity index (χ0) is 102. The van der Waals surface area contributed by atoms with Gasteiger partial charge in [0.1, 0.15) is 22.3 Å². The molecule has 24 rings (SSSR count). The maximum absolute atomic E-state index is 6.07. The van der Waals surface area contributed by atoms with Crippen LogP contribution in [0.15, 0.2) is 395 Å². The molecule has 12 aromatic heterocycles. The van der Waals surface area contributed by atoms with E-state index in [2.05, 4.69) is 321 Å². The molecule has 0 aliphatic rings. The molecule has 0 unspecified atom stereocenters. The maximum atomic E-state index is 6.07. The van der Waals surface area contributed by atoms with Gasteiger partial charge in [-0.25, -0.2) is 0 Å². The molecule has 760 valence electrons. The first kappa shape index (κ1) is 113. The normalized spacial score (nSPS) is 10.8. The largest absolute Gasteiger partial charge is 0.501 e. The first-order chi connectivity index (χ1) is 71.0. The van der Waals surface area contributed by atoms with Crippen molar-refractivity contribution in [1.82, 2.24) is 39.9 Å². The van der Waals surface area contributed by atoms with Crippen molar-refractivity contribution in [3.8, 4) is 90.1 Å². The summed E-state index contributed by atoms with van der Waals surface area (Å²) in [5.41, 5.74) is 35.1. The molecule has 12 nitrogen and oxygen atoms in total. The van der Waals surface area contributed by atoms with Gasteiger partial charge >= 0.3 is 0 Å². The third-order valence-corrected chi connectivity index (χ3v) is 25.8. The molecule has 0 aliphatic carbocycles. The van der Waals surface area contributed by atoms with Gasteiger partial charge < -0.3 is 57.5 Å². The summed E-state index contributed by atoms with van der Waals surface area (Å²) in [6, 6.07) is 135. The Morgan fingerprint density at radius 3 is 0.660 bits per heavy atom. The summed E-state index contributed by atoms with van der Waals surface area (Å²) in [5.74, 6) is 3.08. The Hall–Kier alpha value is -14.4. The number of nitrogens with zero attached hydrogens (tertiary/aromatic N) is 8. The summed E-state index contributed by atoms with van der Waals surface area (Å²) < 4.78 is 24.2. The predicted octanol–water partition coefficient (Wildman–Crippen LogP) is 36.0. The van der Waals surface area contributed by atoms with E-state index < -0.39 is 0 Å². The van der Waals surface area contributed by atoms with Crippen molar-refractivity contribution >= 4 is 87.8 Å². The van der Waals surface area contributed by atoms with E-state index in [1.165, 1.54) is 55.6 Å². The maximum Gasteiger partial charge on any atom is 0.120 e. The average molecular weight is 2670 g/mol. The van der Waals surface area contributed by atoms with Crippen LogP contribution >= 0.6 is 0 Å². The fraction of sp³-hybridized carbons (Fsp3) is 0.164. The van der Waals surface area contributed by atoms with E-state index >= 15 is 0 Å². The third kappa shape index (κ3) is 27.6. The van der Waals surface area contributed by atoms with Crippen LogP contribution in [0.1, 0.15) is 174 Å². The summed E-state index contributed by atoms with van der Waals surface area (Å²) in [4.78, 5) is 35.7. The molecule has 0 amide bonds. The molecule has 24 aromatic rings. The van der Waals surface area contributed by atoms with Gasteiger partial charge in [0.15, 0.2) is 0 Å². The van der Waals surface area contributed by atoms with Crippen LogP contribution in [0.4, 0.5) is 0 Å². The molecule has 12 heterocycles. The topological polar surface area (TPSA) is 156 Å². The molecule has 0 saturated heterocycles. The molecule has 150 heavy (non-hydrogen) atoms. The van der Waals surface area contributed by atoms with Crippen molar-refractivity contribution in [3.05, 3.63) is 481 Å². The molecule has 0 spiro atoms. The van der Waals surface area contributed by atoms with Gasteiger partial charge in [-0.2, -0.15) is 0 Å².